The van der Waals surface area contributed by atoms with Crippen LogP contribution in [0.15, 0.2) is 0 Å². The third kappa shape index (κ3) is 7.94. The normalized spacial score (nSPS) is 16.5. The smallest absolute Gasteiger partial charge is 0.0253 e. The SMILES string of the molecule is CC(N)CNC(C)CNN(C)C. The van der Waals surface area contributed by atoms with Crippen molar-refractivity contribution in [3.63, 3.8) is 0 Å². The summed E-state index contributed by atoms with van der Waals surface area (Å²) >= 11 is 0. The molecule has 0 saturated carbocycles. The summed E-state index contributed by atoms with van der Waals surface area (Å²) < 4.78 is 0. The molecule has 2 atom stereocenters. The lowest BCUT2D eigenvalue weighted by molar-refractivity contribution is 0.272. The minimum atomic E-state index is 0.229. The minimum absolute atomic E-state index is 0.229. The van der Waals surface area contributed by atoms with Crippen LogP contribution >= 0.6 is 0 Å². The van der Waals surface area contributed by atoms with Crippen molar-refractivity contribution in [3.8, 4) is 0 Å². The van der Waals surface area contributed by atoms with Crippen LogP contribution in [0.4, 0.5) is 0 Å². The van der Waals surface area contributed by atoms with Crippen LogP contribution < -0.4 is 16.5 Å². The lowest BCUT2D eigenvalue weighted by atomic mass is 10.3. The molecule has 0 amide bonds. The van der Waals surface area contributed by atoms with Crippen molar-refractivity contribution in [1.29, 1.82) is 0 Å². The van der Waals surface area contributed by atoms with Crippen molar-refractivity contribution in [1.82, 2.24) is 15.8 Å². The van der Waals surface area contributed by atoms with Gasteiger partial charge in [0.1, 0.15) is 0 Å². The van der Waals surface area contributed by atoms with Crippen molar-refractivity contribution in [2.24, 2.45) is 5.73 Å². The van der Waals surface area contributed by atoms with Crippen molar-refractivity contribution in [2.45, 2.75) is 25.9 Å². The van der Waals surface area contributed by atoms with Crippen LogP contribution in [0.25, 0.3) is 0 Å². The largest absolute Gasteiger partial charge is 0.327 e. The fraction of sp³-hybridized carbons (Fsp3) is 1.00. The zero-order valence-electron chi connectivity index (χ0n) is 8.59. The topological polar surface area (TPSA) is 53.3 Å². The molecule has 0 radical (unpaired) electrons. The van der Waals surface area contributed by atoms with Crippen LogP contribution in [0.2, 0.25) is 0 Å². The van der Waals surface area contributed by atoms with Gasteiger partial charge in [-0.3, -0.25) is 10.4 Å². The minimum Gasteiger partial charge on any atom is -0.327 e. The van der Waals surface area contributed by atoms with Gasteiger partial charge in [0.05, 0.1) is 0 Å². The molecule has 0 aliphatic rings. The molecule has 12 heavy (non-hydrogen) atoms. The molecule has 0 spiro atoms. The predicted octanol–water partition coefficient (Wildman–Crippen LogP) is -0.622. The van der Waals surface area contributed by atoms with Gasteiger partial charge in [-0.05, 0) is 13.8 Å². The van der Waals surface area contributed by atoms with Crippen LogP contribution in [-0.2, 0) is 0 Å². The molecular formula is C8H22N4. The highest BCUT2D eigenvalue weighted by Gasteiger charge is 2.01. The van der Waals surface area contributed by atoms with Gasteiger partial charge in [0, 0.05) is 39.3 Å². The van der Waals surface area contributed by atoms with Gasteiger partial charge in [0.25, 0.3) is 0 Å². The number of nitrogens with two attached hydrogens (primary N) is 1. The molecule has 0 fully saturated rings. The maximum atomic E-state index is 5.60. The zero-order chi connectivity index (χ0) is 9.56. The number of hydrazine groups is 1. The molecule has 0 bridgehead atoms. The average Bonchev–Trinajstić information content (AvgIpc) is 1.96. The van der Waals surface area contributed by atoms with E-state index in [9.17, 15) is 0 Å². The summed E-state index contributed by atoms with van der Waals surface area (Å²) in [6.07, 6.45) is 0. The second kappa shape index (κ2) is 6.37. The number of hydrogen-bond acceptors (Lipinski definition) is 4. The van der Waals surface area contributed by atoms with Gasteiger partial charge in [0.2, 0.25) is 0 Å². The molecular weight excluding hydrogens is 152 g/mol. The van der Waals surface area contributed by atoms with Gasteiger partial charge in [-0.2, -0.15) is 0 Å². The van der Waals surface area contributed by atoms with Crippen molar-refractivity contribution < 1.29 is 0 Å². The second-order valence-corrected chi connectivity index (χ2v) is 3.54. The summed E-state index contributed by atoms with van der Waals surface area (Å²) in [5, 5.41) is 5.27. The first-order valence-corrected chi connectivity index (χ1v) is 4.42. The summed E-state index contributed by atoms with van der Waals surface area (Å²) in [5.74, 6) is 0. The molecule has 4 N–H and O–H groups in total. The van der Waals surface area contributed by atoms with Crippen LogP contribution in [0.3, 0.4) is 0 Å². The Morgan fingerprint density at radius 3 is 2.25 bits per heavy atom. The van der Waals surface area contributed by atoms with Gasteiger partial charge >= 0.3 is 0 Å². The molecule has 0 aliphatic heterocycles. The maximum absolute atomic E-state index is 5.60. The quantitative estimate of drug-likeness (QED) is 0.470. The van der Waals surface area contributed by atoms with Crippen LogP contribution in [0.5, 0.6) is 0 Å². The van der Waals surface area contributed by atoms with E-state index in [1.54, 1.807) is 0 Å². The standard InChI is InChI=1S/C8H22N4/c1-7(9)5-10-8(2)6-11-12(3)4/h7-8,10-11H,5-6,9H2,1-4H3. The Kier molecular flexibility index (Phi) is 6.28. The number of nitrogens with zero attached hydrogens (tertiary/aromatic N) is 1. The van der Waals surface area contributed by atoms with E-state index in [1.165, 1.54) is 0 Å². The Morgan fingerprint density at radius 2 is 1.83 bits per heavy atom. The average molecular weight is 174 g/mol. The van der Waals surface area contributed by atoms with Crippen molar-refractivity contribution in [2.75, 3.05) is 27.2 Å². The van der Waals surface area contributed by atoms with E-state index in [-0.39, 0.29) is 6.04 Å². The Hall–Kier alpha value is -0.160. The Labute approximate surface area is 75.5 Å². The maximum Gasteiger partial charge on any atom is 0.0253 e. The Balaban J connectivity index is 3.27. The molecule has 0 rings (SSSR count). The number of nitrogens with one attached hydrogen (secondary N) is 2. The van der Waals surface area contributed by atoms with Crippen LogP contribution in [0.1, 0.15) is 13.8 Å². The molecule has 4 heteroatoms. The first kappa shape index (κ1) is 11.8. The predicted molar refractivity (Wildman–Crippen MR) is 52.8 cm³/mol. The fourth-order valence-corrected chi connectivity index (χ4v) is 0.779. The van der Waals surface area contributed by atoms with Crippen LogP contribution in [0, 0.1) is 0 Å². The molecule has 0 saturated heterocycles. The Bertz CT molecular complexity index is 91.2. The first-order valence-electron chi connectivity index (χ1n) is 4.42. The highest BCUT2D eigenvalue weighted by Crippen LogP contribution is 1.80. The highest BCUT2D eigenvalue weighted by molar-refractivity contribution is 4.65. The lowest BCUT2D eigenvalue weighted by Crippen LogP contribution is -2.44. The molecule has 0 aromatic carbocycles. The van der Waals surface area contributed by atoms with Gasteiger partial charge in [-0.1, -0.05) is 0 Å². The summed E-state index contributed by atoms with van der Waals surface area (Å²) in [7, 11) is 3.97. The molecule has 74 valence electrons. The van der Waals surface area contributed by atoms with E-state index in [0.717, 1.165) is 13.1 Å². The van der Waals surface area contributed by atoms with Crippen molar-refractivity contribution >= 4 is 0 Å². The van der Waals surface area contributed by atoms with E-state index < -0.39 is 0 Å². The molecule has 0 aliphatic carbocycles. The van der Waals surface area contributed by atoms with Gasteiger partial charge in [-0.15, -0.1) is 0 Å². The second-order valence-electron chi connectivity index (χ2n) is 3.54. The number of hydrogen-bond donors (Lipinski definition) is 3. The summed E-state index contributed by atoms with van der Waals surface area (Å²) in [6, 6.07) is 0.685. The summed E-state index contributed by atoms with van der Waals surface area (Å²) in [6.45, 7) is 5.94. The lowest BCUT2D eigenvalue weighted by Gasteiger charge is -2.19. The van der Waals surface area contributed by atoms with E-state index >= 15 is 0 Å². The molecule has 0 aromatic rings. The van der Waals surface area contributed by atoms with E-state index in [2.05, 4.69) is 17.7 Å². The van der Waals surface area contributed by atoms with E-state index in [4.69, 9.17) is 5.73 Å². The summed E-state index contributed by atoms with van der Waals surface area (Å²) in [5.41, 5.74) is 8.80. The van der Waals surface area contributed by atoms with Gasteiger partial charge < -0.3 is 11.1 Å². The number of rotatable bonds is 6. The highest BCUT2D eigenvalue weighted by atomic mass is 15.5. The molecule has 4 nitrogen and oxygen atoms in total. The zero-order valence-corrected chi connectivity index (χ0v) is 8.59. The monoisotopic (exact) mass is 174 g/mol. The Morgan fingerprint density at radius 1 is 1.25 bits per heavy atom. The van der Waals surface area contributed by atoms with E-state index in [0.29, 0.717) is 6.04 Å². The molecule has 0 aromatic heterocycles. The van der Waals surface area contributed by atoms with Gasteiger partial charge in [-0.25, -0.2) is 0 Å². The van der Waals surface area contributed by atoms with Crippen LogP contribution in [-0.4, -0.2) is 44.3 Å². The first-order chi connectivity index (χ1) is 5.52. The summed E-state index contributed by atoms with van der Waals surface area (Å²) in [4.78, 5) is 0. The third-order valence-electron chi connectivity index (χ3n) is 1.50. The molecule has 0 heterocycles. The van der Waals surface area contributed by atoms with E-state index in [1.807, 2.05) is 26.0 Å². The third-order valence-corrected chi connectivity index (χ3v) is 1.50. The van der Waals surface area contributed by atoms with Crippen molar-refractivity contribution in [3.05, 3.63) is 0 Å². The molecule has 2 unspecified atom stereocenters. The van der Waals surface area contributed by atoms with Gasteiger partial charge in [0.15, 0.2) is 0 Å². The fourth-order valence-electron chi connectivity index (χ4n) is 0.779.